The molecule has 0 spiro atoms. The van der Waals surface area contributed by atoms with Crippen LogP contribution >= 0.6 is 0 Å². The number of nitrogens with zero attached hydrogens (tertiary/aromatic N) is 1. The molecule has 8 heteroatoms. The lowest BCUT2D eigenvalue weighted by molar-refractivity contribution is -0.149. The average Bonchev–Trinajstić information content (AvgIpc) is 2.96. The van der Waals surface area contributed by atoms with Crippen LogP contribution in [0.5, 0.6) is 0 Å². The molecule has 2 aliphatic carbocycles. The summed E-state index contributed by atoms with van der Waals surface area (Å²) in [5.74, 6) is -0.805. The number of fused-ring (bicyclic) bond motifs is 1. The monoisotopic (exact) mass is 330 g/mol. The number of rotatable bonds is 4. The molecule has 7 nitrogen and oxygen atoms in total. The first kappa shape index (κ1) is 15.6. The fraction of sp³-hybridized carbons (Fsp3) is 0.857. The van der Waals surface area contributed by atoms with Crippen LogP contribution < -0.4 is 5.32 Å². The normalized spacial score (nSPS) is 32.6. The minimum Gasteiger partial charge on any atom is -0.481 e. The van der Waals surface area contributed by atoms with Crippen molar-refractivity contribution in [2.24, 2.45) is 11.3 Å². The highest BCUT2D eigenvalue weighted by Gasteiger charge is 2.56. The number of aliphatic carboxylic acids is 1. The number of sulfone groups is 1. The van der Waals surface area contributed by atoms with Crippen LogP contribution in [0.3, 0.4) is 0 Å². The van der Waals surface area contributed by atoms with Crippen LogP contribution in [0.2, 0.25) is 0 Å². The first-order chi connectivity index (χ1) is 10.2. The number of carboxylic acid groups (broad SMARTS) is 1. The first-order valence-corrected chi connectivity index (χ1v) is 9.55. The summed E-state index contributed by atoms with van der Waals surface area (Å²) < 4.78 is 22.6. The molecule has 124 valence electrons. The predicted molar refractivity (Wildman–Crippen MR) is 79.2 cm³/mol. The van der Waals surface area contributed by atoms with E-state index in [9.17, 15) is 23.1 Å². The van der Waals surface area contributed by atoms with Crippen molar-refractivity contribution in [3.05, 3.63) is 0 Å². The summed E-state index contributed by atoms with van der Waals surface area (Å²) in [6.07, 6.45) is 4.70. The first-order valence-electron chi connectivity index (χ1n) is 7.66. The van der Waals surface area contributed by atoms with Crippen LogP contribution in [0.25, 0.3) is 0 Å². The van der Waals surface area contributed by atoms with E-state index in [2.05, 4.69) is 5.32 Å². The molecule has 0 radical (unpaired) electrons. The number of amides is 2. The number of hydrogen-bond donors (Lipinski definition) is 2. The summed E-state index contributed by atoms with van der Waals surface area (Å²) in [6, 6.07) is -0.343. The van der Waals surface area contributed by atoms with Gasteiger partial charge in [0.15, 0.2) is 9.84 Å². The van der Waals surface area contributed by atoms with E-state index in [0.717, 1.165) is 12.8 Å². The zero-order valence-corrected chi connectivity index (χ0v) is 13.5. The van der Waals surface area contributed by atoms with Gasteiger partial charge in [-0.25, -0.2) is 13.2 Å². The van der Waals surface area contributed by atoms with Gasteiger partial charge in [-0.05, 0) is 31.6 Å². The van der Waals surface area contributed by atoms with Crippen LogP contribution in [0, 0.1) is 11.3 Å². The van der Waals surface area contributed by atoms with Crippen LogP contribution in [0.15, 0.2) is 0 Å². The summed E-state index contributed by atoms with van der Waals surface area (Å²) in [4.78, 5) is 25.4. The van der Waals surface area contributed by atoms with Gasteiger partial charge in [-0.1, -0.05) is 6.42 Å². The predicted octanol–water partition coefficient (Wildman–Crippen LogP) is 0.460. The maximum absolute atomic E-state index is 12.3. The molecule has 0 aromatic carbocycles. The molecule has 3 aliphatic rings. The molecule has 0 bridgehead atoms. The Balaban J connectivity index is 1.62. The largest absolute Gasteiger partial charge is 0.481 e. The minimum absolute atomic E-state index is 0.0144. The zero-order valence-electron chi connectivity index (χ0n) is 12.7. The maximum Gasteiger partial charge on any atom is 0.317 e. The Morgan fingerprint density at radius 2 is 2.00 bits per heavy atom. The Kier molecular flexibility index (Phi) is 3.43. The Hall–Kier alpha value is -1.31. The molecule has 0 unspecified atom stereocenters. The Labute approximate surface area is 130 Å². The number of urea groups is 1. The molecular formula is C14H22N2O5S. The van der Waals surface area contributed by atoms with Crippen LogP contribution in [-0.4, -0.2) is 61.1 Å². The van der Waals surface area contributed by atoms with Gasteiger partial charge in [0.25, 0.3) is 0 Å². The molecule has 3 rings (SSSR count). The number of hydrogen-bond acceptors (Lipinski definition) is 4. The molecule has 2 saturated carbocycles. The van der Waals surface area contributed by atoms with Crippen molar-refractivity contribution < 1.29 is 23.1 Å². The van der Waals surface area contributed by atoms with Gasteiger partial charge in [-0.15, -0.1) is 0 Å². The van der Waals surface area contributed by atoms with Crippen molar-refractivity contribution in [1.29, 1.82) is 0 Å². The molecule has 1 heterocycles. The van der Waals surface area contributed by atoms with Crippen LogP contribution in [0.1, 0.15) is 32.1 Å². The molecule has 22 heavy (non-hydrogen) atoms. The number of likely N-dealkylation sites (tertiary alicyclic amines) is 1. The zero-order chi connectivity index (χ0) is 16.2. The van der Waals surface area contributed by atoms with Crippen molar-refractivity contribution in [1.82, 2.24) is 10.2 Å². The van der Waals surface area contributed by atoms with Gasteiger partial charge in [0.1, 0.15) is 0 Å². The van der Waals surface area contributed by atoms with E-state index in [0.29, 0.717) is 25.8 Å². The van der Waals surface area contributed by atoms with Crippen molar-refractivity contribution in [3.8, 4) is 0 Å². The van der Waals surface area contributed by atoms with E-state index < -0.39 is 26.0 Å². The molecule has 2 N–H and O–H groups in total. The van der Waals surface area contributed by atoms with Gasteiger partial charge < -0.3 is 15.3 Å². The van der Waals surface area contributed by atoms with E-state index in [-0.39, 0.29) is 25.0 Å². The van der Waals surface area contributed by atoms with E-state index in [4.69, 9.17) is 0 Å². The second-order valence-electron chi connectivity index (χ2n) is 7.04. The van der Waals surface area contributed by atoms with E-state index in [1.807, 2.05) is 0 Å². The lowest BCUT2D eigenvalue weighted by Crippen LogP contribution is -2.45. The molecule has 3 fully saturated rings. The third kappa shape index (κ3) is 2.28. The second-order valence-corrected chi connectivity index (χ2v) is 9.46. The third-order valence-electron chi connectivity index (χ3n) is 5.74. The van der Waals surface area contributed by atoms with E-state index in [1.54, 1.807) is 0 Å². The van der Waals surface area contributed by atoms with Crippen LogP contribution in [-0.2, 0) is 14.6 Å². The fourth-order valence-electron chi connectivity index (χ4n) is 3.96. The SMILES string of the molecule is CS(=O)(=O)C1(CNC(=O)N2C[C@@H]3CCC[C@@]3(C(=O)O)C2)CC1. The summed E-state index contributed by atoms with van der Waals surface area (Å²) in [5, 5.41) is 12.2. The highest BCUT2D eigenvalue weighted by atomic mass is 32.2. The maximum atomic E-state index is 12.3. The summed E-state index contributed by atoms with van der Waals surface area (Å²) in [5.41, 5.74) is -0.800. The fourth-order valence-corrected chi connectivity index (χ4v) is 5.14. The standard InChI is InChI=1S/C14H22N2O5S/c1-22(20,21)13(5-6-13)8-15-12(19)16-7-10-3-2-4-14(10,9-16)11(17)18/h10H,2-9H2,1H3,(H,15,19)(H,17,18)/t10-,14+/m0/s1. The summed E-state index contributed by atoms with van der Waals surface area (Å²) in [7, 11) is -3.18. The quantitative estimate of drug-likeness (QED) is 0.779. The number of nitrogens with one attached hydrogen (secondary N) is 1. The summed E-state index contributed by atoms with van der Waals surface area (Å²) in [6.45, 7) is 0.792. The number of carbonyl (C=O) groups excluding carboxylic acids is 1. The highest BCUT2D eigenvalue weighted by molar-refractivity contribution is 7.92. The Bertz CT molecular complexity index is 613. The third-order valence-corrected chi connectivity index (χ3v) is 7.87. The van der Waals surface area contributed by atoms with Gasteiger partial charge in [0.05, 0.1) is 10.2 Å². The van der Waals surface area contributed by atoms with Crippen molar-refractivity contribution in [3.63, 3.8) is 0 Å². The molecule has 0 aromatic rings. The van der Waals surface area contributed by atoms with Gasteiger partial charge in [-0.2, -0.15) is 0 Å². The highest BCUT2D eigenvalue weighted by Crippen LogP contribution is 2.49. The smallest absolute Gasteiger partial charge is 0.317 e. The second kappa shape index (κ2) is 4.84. The van der Waals surface area contributed by atoms with Crippen LogP contribution in [0.4, 0.5) is 4.79 Å². The van der Waals surface area contributed by atoms with Gasteiger partial charge in [-0.3, -0.25) is 4.79 Å². The van der Waals surface area contributed by atoms with Crippen molar-refractivity contribution in [2.75, 3.05) is 25.9 Å². The Morgan fingerprint density at radius 3 is 2.50 bits per heavy atom. The van der Waals surface area contributed by atoms with E-state index in [1.165, 1.54) is 11.2 Å². The lowest BCUT2D eigenvalue weighted by Gasteiger charge is -2.24. The summed E-state index contributed by atoms with van der Waals surface area (Å²) >= 11 is 0. The molecular weight excluding hydrogens is 308 g/mol. The molecule has 1 aliphatic heterocycles. The lowest BCUT2D eigenvalue weighted by atomic mass is 9.81. The van der Waals surface area contributed by atoms with Crippen molar-refractivity contribution >= 4 is 21.8 Å². The van der Waals surface area contributed by atoms with Crippen molar-refractivity contribution in [2.45, 2.75) is 36.9 Å². The molecule has 0 aromatic heterocycles. The topological polar surface area (TPSA) is 104 Å². The number of carboxylic acids is 1. The van der Waals surface area contributed by atoms with E-state index >= 15 is 0 Å². The molecule has 1 saturated heterocycles. The van der Waals surface area contributed by atoms with Gasteiger partial charge >= 0.3 is 12.0 Å². The molecule has 2 atom stereocenters. The van der Waals surface area contributed by atoms with Gasteiger partial charge in [0, 0.05) is 25.9 Å². The number of carbonyl (C=O) groups is 2. The average molecular weight is 330 g/mol. The minimum atomic E-state index is -3.18. The molecule has 2 amide bonds. The Morgan fingerprint density at radius 1 is 1.32 bits per heavy atom. The van der Waals surface area contributed by atoms with Gasteiger partial charge in [0.2, 0.25) is 0 Å².